The molecule has 4 heteroatoms. The van der Waals surface area contributed by atoms with Crippen LogP contribution in [-0.4, -0.2) is 30.8 Å². The lowest BCUT2D eigenvalue weighted by Crippen LogP contribution is -2.24. The molecule has 2 heterocycles. The van der Waals surface area contributed by atoms with Crippen LogP contribution in [0.25, 0.3) is 0 Å². The van der Waals surface area contributed by atoms with E-state index in [2.05, 4.69) is 15.5 Å². The van der Waals surface area contributed by atoms with Crippen molar-refractivity contribution in [1.82, 2.24) is 15.5 Å². The predicted octanol–water partition coefficient (Wildman–Crippen LogP) is 0.121. The number of H-pyrrole nitrogens is 1. The van der Waals surface area contributed by atoms with E-state index in [-0.39, 0.29) is 0 Å². The van der Waals surface area contributed by atoms with Crippen molar-refractivity contribution in [1.29, 1.82) is 0 Å². The third-order valence-electron chi connectivity index (χ3n) is 2.21. The largest absolute Gasteiger partial charge is 0.361 e. The number of aromatic amines is 1. The van der Waals surface area contributed by atoms with Crippen molar-refractivity contribution in [2.45, 2.75) is 13.0 Å². The van der Waals surface area contributed by atoms with E-state index in [1.54, 1.807) is 0 Å². The standard InChI is InChI=1S/C8H14N4/c1-12(2)8-6-5-9-4-3-7(6)10-11-8/h9H,3-5H2,1-2H3,(H,10,11). The highest BCUT2D eigenvalue weighted by molar-refractivity contribution is 5.48. The third kappa shape index (κ3) is 1.08. The van der Waals surface area contributed by atoms with Crippen LogP contribution in [0.3, 0.4) is 0 Å². The van der Waals surface area contributed by atoms with Gasteiger partial charge in [0.15, 0.2) is 5.82 Å². The Morgan fingerprint density at radius 3 is 3.00 bits per heavy atom. The van der Waals surface area contributed by atoms with Gasteiger partial charge in [-0.25, -0.2) is 0 Å². The Hall–Kier alpha value is -1.03. The SMILES string of the molecule is CN(C)c1n[nH]c2c1CNCC2. The van der Waals surface area contributed by atoms with Crippen molar-refractivity contribution < 1.29 is 0 Å². The molecule has 0 radical (unpaired) electrons. The average Bonchev–Trinajstić information content (AvgIpc) is 2.47. The number of nitrogens with one attached hydrogen (secondary N) is 2. The van der Waals surface area contributed by atoms with Crippen molar-refractivity contribution in [3.8, 4) is 0 Å². The van der Waals surface area contributed by atoms with Crippen molar-refractivity contribution in [2.75, 3.05) is 25.5 Å². The summed E-state index contributed by atoms with van der Waals surface area (Å²) in [5.41, 5.74) is 2.61. The van der Waals surface area contributed by atoms with Gasteiger partial charge in [-0.1, -0.05) is 0 Å². The highest BCUT2D eigenvalue weighted by Gasteiger charge is 2.16. The summed E-state index contributed by atoms with van der Waals surface area (Å²) in [6, 6.07) is 0. The number of hydrogen-bond donors (Lipinski definition) is 2. The average molecular weight is 166 g/mol. The molecule has 0 bridgehead atoms. The van der Waals surface area contributed by atoms with Crippen LogP contribution in [0.2, 0.25) is 0 Å². The fraction of sp³-hybridized carbons (Fsp3) is 0.625. The van der Waals surface area contributed by atoms with Crippen LogP contribution >= 0.6 is 0 Å². The predicted molar refractivity (Wildman–Crippen MR) is 48.3 cm³/mol. The van der Waals surface area contributed by atoms with E-state index in [9.17, 15) is 0 Å². The maximum Gasteiger partial charge on any atom is 0.154 e. The normalized spacial score (nSPS) is 15.8. The Bertz CT molecular complexity index is 277. The van der Waals surface area contributed by atoms with Crippen molar-refractivity contribution in [3.05, 3.63) is 11.3 Å². The van der Waals surface area contributed by atoms with E-state index in [0.29, 0.717) is 0 Å². The number of rotatable bonds is 1. The molecule has 1 aliphatic heterocycles. The van der Waals surface area contributed by atoms with Gasteiger partial charge >= 0.3 is 0 Å². The summed E-state index contributed by atoms with van der Waals surface area (Å²) >= 11 is 0. The molecule has 12 heavy (non-hydrogen) atoms. The second-order valence-electron chi connectivity index (χ2n) is 3.33. The number of aromatic nitrogens is 2. The zero-order valence-corrected chi connectivity index (χ0v) is 7.52. The second-order valence-corrected chi connectivity index (χ2v) is 3.33. The summed E-state index contributed by atoms with van der Waals surface area (Å²) in [7, 11) is 4.04. The van der Waals surface area contributed by atoms with E-state index in [0.717, 1.165) is 25.3 Å². The summed E-state index contributed by atoms with van der Waals surface area (Å²) in [4.78, 5) is 2.04. The molecule has 0 amide bonds. The third-order valence-corrected chi connectivity index (χ3v) is 2.21. The Labute approximate surface area is 72.0 Å². The molecule has 2 rings (SSSR count). The Morgan fingerprint density at radius 1 is 1.42 bits per heavy atom. The molecule has 0 saturated heterocycles. The molecule has 1 aromatic rings. The number of hydrogen-bond acceptors (Lipinski definition) is 3. The lowest BCUT2D eigenvalue weighted by molar-refractivity contribution is 0.636. The number of anilines is 1. The molecule has 0 unspecified atom stereocenters. The van der Waals surface area contributed by atoms with E-state index in [4.69, 9.17) is 0 Å². The monoisotopic (exact) mass is 166 g/mol. The molecule has 2 N–H and O–H groups in total. The Morgan fingerprint density at radius 2 is 2.25 bits per heavy atom. The minimum atomic E-state index is 0.944. The Balaban J connectivity index is 2.38. The van der Waals surface area contributed by atoms with E-state index >= 15 is 0 Å². The van der Waals surface area contributed by atoms with Crippen LogP contribution in [0.1, 0.15) is 11.3 Å². The molecule has 0 spiro atoms. The molecule has 1 aromatic heterocycles. The molecule has 4 nitrogen and oxygen atoms in total. The van der Waals surface area contributed by atoms with Gasteiger partial charge in [0.2, 0.25) is 0 Å². The van der Waals surface area contributed by atoms with Crippen LogP contribution in [0.5, 0.6) is 0 Å². The highest BCUT2D eigenvalue weighted by Crippen LogP contribution is 2.21. The van der Waals surface area contributed by atoms with Crippen LogP contribution < -0.4 is 10.2 Å². The van der Waals surface area contributed by atoms with Gasteiger partial charge in [-0.05, 0) is 0 Å². The number of nitrogens with zero attached hydrogens (tertiary/aromatic N) is 2. The molecule has 0 aromatic carbocycles. The van der Waals surface area contributed by atoms with Gasteiger partial charge in [-0.3, -0.25) is 5.10 Å². The lowest BCUT2D eigenvalue weighted by Gasteiger charge is -2.16. The highest BCUT2D eigenvalue weighted by atomic mass is 15.3. The zero-order chi connectivity index (χ0) is 8.55. The summed E-state index contributed by atoms with van der Waals surface area (Å²) < 4.78 is 0. The summed E-state index contributed by atoms with van der Waals surface area (Å²) in [5.74, 6) is 1.07. The maximum atomic E-state index is 4.26. The van der Waals surface area contributed by atoms with Crippen molar-refractivity contribution in [2.24, 2.45) is 0 Å². The number of fused-ring (bicyclic) bond motifs is 1. The smallest absolute Gasteiger partial charge is 0.154 e. The molecule has 0 saturated carbocycles. The fourth-order valence-electron chi connectivity index (χ4n) is 1.58. The van der Waals surface area contributed by atoms with Gasteiger partial charge < -0.3 is 10.2 Å². The van der Waals surface area contributed by atoms with Gasteiger partial charge in [-0.15, -0.1) is 0 Å². The topological polar surface area (TPSA) is 44.0 Å². The van der Waals surface area contributed by atoms with Gasteiger partial charge in [-0.2, -0.15) is 5.10 Å². The minimum Gasteiger partial charge on any atom is -0.361 e. The van der Waals surface area contributed by atoms with Crippen molar-refractivity contribution in [3.63, 3.8) is 0 Å². The molecule has 66 valence electrons. The van der Waals surface area contributed by atoms with Gasteiger partial charge in [0.1, 0.15) is 0 Å². The van der Waals surface area contributed by atoms with Crippen LogP contribution in [0.4, 0.5) is 5.82 Å². The van der Waals surface area contributed by atoms with Gasteiger partial charge in [0, 0.05) is 44.9 Å². The lowest BCUT2D eigenvalue weighted by atomic mass is 10.1. The first-order chi connectivity index (χ1) is 5.79. The fourth-order valence-corrected chi connectivity index (χ4v) is 1.58. The first-order valence-electron chi connectivity index (χ1n) is 4.23. The molecule has 0 atom stereocenters. The molecule has 1 aliphatic rings. The maximum absolute atomic E-state index is 4.26. The van der Waals surface area contributed by atoms with Crippen LogP contribution in [0, 0.1) is 0 Å². The molecular weight excluding hydrogens is 152 g/mol. The van der Waals surface area contributed by atoms with Gasteiger partial charge in [0.05, 0.1) is 0 Å². The second kappa shape index (κ2) is 2.79. The summed E-state index contributed by atoms with van der Waals surface area (Å²) in [6.45, 7) is 2.00. The molecular formula is C8H14N4. The minimum absolute atomic E-state index is 0.944. The molecule has 0 fully saturated rings. The summed E-state index contributed by atoms with van der Waals surface area (Å²) in [5, 5.41) is 10.7. The van der Waals surface area contributed by atoms with Crippen LogP contribution in [0.15, 0.2) is 0 Å². The van der Waals surface area contributed by atoms with Crippen molar-refractivity contribution >= 4 is 5.82 Å². The molecule has 0 aliphatic carbocycles. The van der Waals surface area contributed by atoms with E-state index in [1.807, 2.05) is 19.0 Å². The van der Waals surface area contributed by atoms with Crippen LogP contribution in [-0.2, 0) is 13.0 Å². The summed E-state index contributed by atoms with van der Waals surface area (Å²) in [6.07, 6.45) is 1.07. The van der Waals surface area contributed by atoms with E-state index in [1.165, 1.54) is 11.3 Å². The zero-order valence-electron chi connectivity index (χ0n) is 7.52. The van der Waals surface area contributed by atoms with Gasteiger partial charge in [0.25, 0.3) is 0 Å². The Kier molecular flexibility index (Phi) is 1.77. The van der Waals surface area contributed by atoms with E-state index < -0.39 is 0 Å². The first-order valence-corrected chi connectivity index (χ1v) is 4.23. The first kappa shape index (κ1) is 7.61. The quantitative estimate of drug-likeness (QED) is 0.623.